The fourth-order valence-corrected chi connectivity index (χ4v) is 1.46. The van der Waals surface area contributed by atoms with Gasteiger partial charge in [0.2, 0.25) is 0 Å². The third-order valence-electron chi connectivity index (χ3n) is 2.79. The number of allylic oxidation sites excluding steroid dienone is 4. The van der Waals surface area contributed by atoms with Gasteiger partial charge < -0.3 is 21.9 Å². The van der Waals surface area contributed by atoms with Crippen molar-refractivity contribution in [2.75, 3.05) is 5.73 Å². The van der Waals surface area contributed by atoms with E-state index in [1.807, 2.05) is 0 Å². The molecule has 8 heteroatoms. The molecule has 134 valence electrons. The second-order valence-electron chi connectivity index (χ2n) is 4.83. The van der Waals surface area contributed by atoms with Gasteiger partial charge in [0.05, 0.1) is 4.92 Å². The number of nitrogen functional groups attached to an aromatic ring is 1. The molecule has 8 nitrogen and oxygen atoms in total. The zero-order valence-corrected chi connectivity index (χ0v) is 14.2. The van der Waals surface area contributed by atoms with E-state index in [4.69, 9.17) is 16.6 Å². The fraction of sp³-hybridized carbons (Fsp3) is 0.118. The highest BCUT2D eigenvalue weighted by Crippen LogP contribution is 2.21. The van der Waals surface area contributed by atoms with E-state index in [-0.39, 0.29) is 22.8 Å². The minimum absolute atomic E-state index is 0.0231. The Hall–Kier alpha value is -3.55. The topological polar surface area (TPSA) is 145 Å². The molecule has 0 saturated heterocycles. The molecular weight excluding hydrogens is 324 g/mol. The number of benzene rings is 1. The number of nitrogens with zero attached hydrogens (tertiary/aromatic N) is 1. The summed E-state index contributed by atoms with van der Waals surface area (Å²) in [6, 6.07) is 4.73. The number of nitrogens with two attached hydrogens (primary N) is 2. The lowest BCUT2D eigenvalue weighted by Gasteiger charge is -2.05. The number of aliphatic hydroxyl groups excluding tert-OH is 1. The van der Waals surface area contributed by atoms with Crippen molar-refractivity contribution in [1.29, 1.82) is 0 Å². The molecule has 0 unspecified atom stereocenters. The normalized spacial score (nSPS) is 11.4. The smallest absolute Gasteiger partial charge is 0.292 e. The van der Waals surface area contributed by atoms with E-state index >= 15 is 0 Å². The molecule has 0 aliphatic carbocycles. The number of carbonyl (C=O) groups excluding carboxylic acids is 1. The van der Waals surface area contributed by atoms with Crippen LogP contribution >= 0.6 is 0 Å². The third-order valence-corrected chi connectivity index (χ3v) is 2.79. The monoisotopic (exact) mass is 346 g/mol. The molecule has 0 saturated carbocycles. The fourth-order valence-electron chi connectivity index (χ4n) is 1.46. The summed E-state index contributed by atoms with van der Waals surface area (Å²) in [4.78, 5) is 21.1. The van der Waals surface area contributed by atoms with Crippen molar-refractivity contribution in [1.82, 2.24) is 5.32 Å². The van der Waals surface area contributed by atoms with Gasteiger partial charge in [0.1, 0.15) is 17.1 Å². The van der Waals surface area contributed by atoms with Gasteiger partial charge in [-0.25, -0.2) is 0 Å². The van der Waals surface area contributed by atoms with Crippen LogP contribution in [-0.4, -0.2) is 15.9 Å². The lowest BCUT2D eigenvalue weighted by molar-refractivity contribution is -0.383. The number of rotatable bonds is 5. The van der Waals surface area contributed by atoms with Crippen LogP contribution in [0.3, 0.4) is 0 Å². The first-order valence-corrected chi connectivity index (χ1v) is 7.06. The first-order chi connectivity index (χ1) is 11.6. The first-order valence-electron chi connectivity index (χ1n) is 7.06. The van der Waals surface area contributed by atoms with Crippen LogP contribution in [0.2, 0.25) is 0 Å². The van der Waals surface area contributed by atoms with E-state index in [0.29, 0.717) is 5.70 Å². The molecule has 0 aliphatic heterocycles. The Balaban J connectivity index is 0.000000472. The van der Waals surface area contributed by atoms with Gasteiger partial charge in [-0.3, -0.25) is 14.9 Å². The molecule has 0 radical (unpaired) electrons. The van der Waals surface area contributed by atoms with Crippen molar-refractivity contribution in [2.24, 2.45) is 5.73 Å². The van der Waals surface area contributed by atoms with Gasteiger partial charge in [-0.1, -0.05) is 25.3 Å². The number of carbonyl (C=O) groups is 1. The zero-order valence-electron chi connectivity index (χ0n) is 14.2. The minimum atomic E-state index is -0.571. The molecule has 1 aromatic rings. The minimum Gasteiger partial charge on any atom is -0.510 e. The van der Waals surface area contributed by atoms with Crippen molar-refractivity contribution < 1.29 is 14.8 Å². The van der Waals surface area contributed by atoms with Crippen LogP contribution < -0.4 is 16.8 Å². The molecule has 6 N–H and O–H groups in total. The molecule has 0 aliphatic rings. The molecule has 25 heavy (non-hydrogen) atoms. The number of aryl methyl sites for hydroxylation is 1. The maximum absolute atomic E-state index is 11.3. The van der Waals surface area contributed by atoms with Crippen molar-refractivity contribution in [3.63, 3.8) is 0 Å². The summed E-state index contributed by atoms with van der Waals surface area (Å²) in [6.07, 6.45) is 4.51. The van der Waals surface area contributed by atoms with Gasteiger partial charge in [-0.05, 0) is 37.6 Å². The number of hydrogen-bond acceptors (Lipinski definition) is 6. The summed E-state index contributed by atoms with van der Waals surface area (Å²) in [7, 11) is 0. The van der Waals surface area contributed by atoms with Gasteiger partial charge >= 0.3 is 0 Å². The van der Waals surface area contributed by atoms with Crippen LogP contribution in [-0.2, 0) is 4.79 Å². The highest BCUT2D eigenvalue weighted by Gasteiger charge is 2.09. The second-order valence-corrected chi connectivity index (χ2v) is 4.83. The summed E-state index contributed by atoms with van der Waals surface area (Å²) in [5.41, 5.74) is 11.9. The van der Waals surface area contributed by atoms with E-state index in [9.17, 15) is 14.9 Å². The molecule has 0 aromatic heterocycles. The van der Waals surface area contributed by atoms with Gasteiger partial charge in [0.15, 0.2) is 0 Å². The number of nitro groups is 1. The maximum Gasteiger partial charge on any atom is 0.292 e. The first kappa shape index (κ1) is 21.4. The Morgan fingerprint density at radius 1 is 1.40 bits per heavy atom. The van der Waals surface area contributed by atoms with E-state index in [1.54, 1.807) is 19.1 Å². The summed E-state index contributed by atoms with van der Waals surface area (Å²) < 4.78 is 0. The lowest BCUT2D eigenvalue weighted by atomic mass is 10.2. The SMILES string of the molecule is C=C/C=C(\C=C)NC(=O)/C(N)=C(/C)O.Cc1ccc(N)c([N+](=O)[O-])c1. The molecule has 1 aromatic carbocycles. The summed E-state index contributed by atoms with van der Waals surface area (Å²) >= 11 is 0. The maximum atomic E-state index is 11.3. The van der Waals surface area contributed by atoms with E-state index < -0.39 is 10.8 Å². The Kier molecular flexibility index (Phi) is 8.81. The molecule has 0 bridgehead atoms. The summed E-state index contributed by atoms with van der Waals surface area (Å²) in [5, 5.41) is 21.7. The van der Waals surface area contributed by atoms with Crippen molar-refractivity contribution in [3.8, 4) is 0 Å². The van der Waals surface area contributed by atoms with Crippen molar-refractivity contribution in [2.45, 2.75) is 13.8 Å². The molecule has 1 rings (SSSR count). The number of hydrogen-bond donors (Lipinski definition) is 4. The molecule has 0 heterocycles. The van der Waals surface area contributed by atoms with E-state index in [2.05, 4.69) is 18.5 Å². The van der Waals surface area contributed by atoms with E-state index in [1.165, 1.54) is 31.2 Å². The molecule has 1 amide bonds. The quantitative estimate of drug-likeness (QED) is 0.161. The Labute approximate surface area is 146 Å². The Morgan fingerprint density at radius 3 is 2.40 bits per heavy atom. The van der Waals surface area contributed by atoms with Gasteiger partial charge in [0, 0.05) is 11.8 Å². The van der Waals surface area contributed by atoms with Crippen LogP contribution in [0.5, 0.6) is 0 Å². The van der Waals surface area contributed by atoms with Gasteiger partial charge in [-0.2, -0.15) is 0 Å². The summed E-state index contributed by atoms with van der Waals surface area (Å²) in [5.74, 6) is -0.789. The second kappa shape index (κ2) is 10.3. The zero-order chi connectivity index (χ0) is 19.6. The highest BCUT2D eigenvalue weighted by atomic mass is 16.6. The third kappa shape index (κ3) is 7.51. The molecular formula is C17H22N4O4. The van der Waals surface area contributed by atoms with E-state index in [0.717, 1.165) is 5.56 Å². The largest absolute Gasteiger partial charge is 0.510 e. The number of nitrogens with one attached hydrogen (secondary N) is 1. The van der Waals surface area contributed by atoms with Gasteiger partial charge in [-0.15, -0.1) is 0 Å². The van der Waals surface area contributed by atoms with Crippen molar-refractivity contribution in [3.05, 3.63) is 82.4 Å². The molecule has 0 fully saturated rings. The standard InChI is InChI=1S/C10H14N2O2.C7H8N2O2/c1-4-6-8(5-2)12-10(14)9(11)7(3)13;1-5-2-3-6(8)7(4-5)9(10)11/h4-6,13H,1-2,11H2,3H3,(H,12,14);2-4H,8H2,1H3/b8-6+,9-7+;. The number of nitro benzene ring substituents is 1. The molecule has 0 atom stereocenters. The van der Waals surface area contributed by atoms with Crippen LogP contribution in [0.25, 0.3) is 0 Å². The molecule has 0 spiro atoms. The average molecular weight is 346 g/mol. The number of aliphatic hydroxyl groups is 1. The van der Waals surface area contributed by atoms with Crippen LogP contribution in [0.1, 0.15) is 12.5 Å². The number of amides is 1. The predicted octanol–water partition coefficient (Wildman–Crippen LogP) is 2.59. The average Bonchev–Trinajstić information content (AvgIpc) is 2.56. The van der Waals surface area contributed by atoms with Gasteiger partial charge in [0.25, 0.3) is 11.6 Å². The van der Waals surface area contributed by atoms with Crippen molar-refractivity contribution >= 4 is 17.3 Å². The lowest BCUT2D eigenvalue weighted by Crippen LogP contribution is -2.28. The van der Waals surface area contributed by atoms with Crippen LogP contribution in [0.15, 0.2) is 66.7 Å². The number of anilines is 1. The van der Waals surface area contributed by atoms with Crippen LogP contribution in [0.4, 0.5) is 11.4 Å². The predicted molar refractivity (Wildman–Crippen MR) is 98.4 cm³/mol. The summed E-state index contributed by atoms with van der Waals surface area (Å²) in [6.45, 7) is 10.1. The highest BCUT2D eigenvalue weighted by molar-refractivity contribution is 5.94. The Morgan fingerprint density at radius 2 is 2.00 bits per heavy atom. The van der Waals surface area contributed by atoms with Crippen LogP contribution in [0, 0.1) is 17.0 Å². The Bertz CT molecular complexity index is 732.